The third kappa shape index (κ3) is 42.1. The van der Waals surface area contributed by atoms with Gasteiger partial charge >= 0.3 is 7.82 Å². The van der Waals surface area contributed by atoms with Crippen LogP contribution in [-0.2, 0) is 18.4 Å². The summed E-state index contributed by atoms with van der Waals surface area (Å²) in [5, 5.41) is 13.8. The summed E-state index contributed by atoms with van der Waals surface area (Å²) in [5.41, 5.74) is 0. The highest BCUT2D eigenvalue weighted by Crippen LogP contribution is 2.43. The number of hydrogen-bond acceptors (Lipinski definition) is 5. The number of quaternary nitrogens is 1. The SMILES string of the molecule is CCCCCCC/C=C\C/C=C\C/C=C\CCCCCCCCCCC(=O)NC(COP(=O)(O)OCC[N+](C)(C)C)C(O)/C=C/CC/C=C/CCCCCCCC. The third-order valence-corrected chi connectivity index (χ3v) is 10.9. The molecule has 0 spiro atoms. The first kappa shape index (κ1) is 55.2. The lowest BCUT2D eigenvalue weighted by molar-refractivity contribution is -0.870. The van der Waals surface area contributed by atoms with Crippen LogP contribution in [0.5, 0.6) is 0 Å². The van der Waals surface area contributed by atoms with E-state index in [1.807, 2.05) is 27.2 Å². The first-order valence-electron chi connectivity index (χ1n) is 23.2. The lowest BCUT2D eigenvalue weighted by Crippen LogP contribution is -2.45. The minimum Gasteiger partial charge on any atom is -0.387 e. The summed E-state index contributed by atoms with van der Waals surface area (Å²) in [6.07, 6.45) is 51.5. The maximum Gasteiger partial charge on any atom is 0.472 e. The van der Waals surface area contributed by atoms with Crippen LogP contribution in [0.25, 0.3) is 0 Å². The Morgan fingerprint density at radius 1 is 0.596 bits per heavy atom. The van der Waals surface area contributed by atoms with Crippen molar-refractivity contribution in [1.29, 1.82) is 0 Å². The molecule has 332 valence electrons. The Morgan fingerprint density at radius 3 is 1.53 bits per heavy atom. The number of rotatable bonds is 41. The van der Waals surface area contributed by atoms with E-state index in [1.165, 1.54) is 109 Å². The molecule has 0 aromatic rings. The summed E-state index contributed by atoms with van der Waals surface area (Å²) < 4.78 is 23.5. The average Bonchev–Trinajstić information content (AvgIpc) is 3.16. The maximum atomic E-state index is 12.9. The largest absolute Gasteiger partial charge is 0.472 e. The predicted molar refractivity (Wildman–Crippen MR) is 244 cm³/mol. The lowest BCUT2D eigenvalue weighted by atomic mass is 10.1. The molecule has 0 aliphatic carbocycles. The minimum absolute atomic E-state index is 0.0521. The van der Waals surface area contributed by atoms with E-state index < -0.39 is 20.0 Å². The minimum atomic E-state index is -4.35. The molecule has 0 aliphatic rings. The topological polar surface area (TPSA) is 105 Å². The summed E-state index contributed by atoms with van der Waals surface area (Å²) in [7, 11) is 1.54. The van der Waals surface area contributed by atoms with Crippen molar-refractivity contribution in [3.63, 3.8) is 0 Å². The van der Waals surface area contributed by atoms with Gasteiger partial charge in [-0.3, -0.25) is 13.8 Å². The first-order valence-corrected chi connectivity index (χ1v) is 24.7. The monoisotopic (exact) mass is 822 g/mol. The number of nitrogens with one attached hydrogen (secondary N) is 1. The predicted octanol–water partition coefficient (Wildman–Crippen LogP) is 13.0. The summed E-state index contributed by atoms with van der Waals surface area (Å²) >= 11 is 0. The van der Waals surface area contributed by atoms with Crippen LogP contribution >= 0.6 is 7.82 Å². The molecule has 3 N–H and O–H groups in total. The Morgan fingerprint density at radius 2 is 1.02 bits per heavy atom. The highest BCUT2D eigenvalue weighted by Gasteiger charge is 2.27. The first-order chi connectivity index (χ1) is 27.5. The van der Waals surface area contributed by atoms with Gasteiger partial charge in [0.1, 0.15) is 13.2 Å². The van der Waals surface area contributed by atoms with Gasteiger partial charge in [-0.1, -0.05) is 171 Å². The number of carbonyl (C=O) groups excluding carboxylic acids is 1. The van der Waals surface area contributed by atoms with Crippen LogP contribution in [-0.4, -0.2) is 73.4 Å². The van der Waals surface area contributed by atoms with Crippen molar-refractivity contribution >= 4 is 13.7 Å². The summed E-state index contributed by atoms with van der Waals surface area (Å²) in [6, 6.07) is -0.868. The lowest BCUT2D eigenvalue weighted by Gasteiger charge is -2.25. The zero-order valence-corrected chi connectivity index (χ0v) is 38.5. The molecule has 0 saturated heterocycles. The highest BCUT2D eigenvalue weighted by atomic mass is 31.2. The summed E-state index contributed by atoms with van der Waals surface area (Å²) in [4.78, 5) is 23.1. The zero-order valence-electron chi connectivity index (χ0n) is 37.6. The van der Waals surface area contributed by atoms with E-state index in [4.69, 9.17) is 9.05 Å². The van der Waals surface area contributed by atoms with E-state index in [-0.39, 0.29) is 19.1 Å². The Hall–Kier alpha value is -1.80. The Kier molecular flexibility index (Phi) is 38.4. The van der Waals surface area contributed by atoms with Gasteiger partial charge in [0, 0.05) is 6.42 Å². The molecule has 1 amide bonds. The molecule has 0 radical (unpaired) electrons. The van der Waals surface area contributed by atoms with Gasteiger partial charge in [-0.2, -0.15) is 0 Å². The van der Waals surface area contributed by atoms with Crippen LogP contribution in [0.2, 0.25) is 0 Å². The Balaban J connectivity index is 4.36. The normalized spacial score (nSPS) is 14.9. The van der Waals surface area contributed by atoms with Gasteiger partial charge in [-0.05, 0) is 70.6 Å². The zero-order chi connectivity index (χ0) is 42.1. The van der Waals surface area contributed by atoms with E-state index in [0.29, 0.717) is 17.4 Å². The summed E-state index contributed by atoms with van der Waals surface area (Å²) in [5.74, 6) is -0.198. The van der Waals surface area contributed by atoms with E-state index in [1.54, 1.807) is 6.08 Å². The molecule has 0 heterocycles. The number of nitrogens with zero attached hydrogens (tertiary/aromatic N) is 1. The number of phosphoric acid groups is 1. The van der Waals surface area contributed by atoms with Crippen molar-refractivity contribution in [2.75, 3.05) is 40.9 Å². The molecule has 8 nitrogen and oxygen atoms in total. The standard InChI is InChI=1S/C48H89N2O6P/c1-6-8-10-12-14-16-18-20-21-22-23-24-25-26-27-28-29-30-32-34-36-38-40-42-48(52)49-46(45-56-57(53,54)55-44-43-50(3,4)5)47(51)41-39-37-35-33-31-19-17-15-13-11-9-7-2/h18,20,22-23,25-26,31,33,39,41,46-47,51H,6-17,19,21,24,27-30,32,34-38,40,42-45H2,1-5H3,(H-,49,52,53,54)/p+1/b20-18-,23-22-,26-25-,33-31+,41-39+. The number of allylic oxidation sites excluding steroid dienone is 9. The summed E-state index contributed by atoms with van der Waals surface area (Å²) in [6.45, 7) is 4.74. The number of phosphoric ester groups is 1. The molecular weight excluding hydrogens is 732 g/mol. The molecule has 0 aliphatic heterocycles. The number of aliphatic hydroxyl groups is 1. The van der Waals surface area contributed by atoms with Crippen LogP contribution in [0.3, 0.4) is 0 Å². The number of likely N-dealkylation sites (N-methyl/N-ethyl adjacent to an activating group) is 1. The molecule has 0 saturated carbocycles. The van der Waals surface area contributed by atoms with Crippen molar-refractivity contribution in [2.45, 2.75) is 199 Å². The molecule has 9 heteroatoms. The van der Waals surface area contributed by atoms with Crippen molar-refractivity contribution < 1.29 is 32.9 Å². The molecule has 0 aromatic heterocycles. The molecule has 3 atom stereocenters. The van der Waals surface area contributed by atoms with Gasteiger partial charge in [-0.15, -0.1) is 0 Å². The number of hydrogen-bond donors (Lipinski definition) is 3. The van der Waals surface area contributed by atoms with Gasteiger partial charge < -0.3 is 19.8 Å². The van der Waals surface area contributed by atoms with Crippen LogP contribution in [0, 0.1) is 0 Å². The molecular formula is C48H90N2O6P+. The second-order valence-electron chi connectivity index (χ2n) is 16.8. The van der Waals surface area contributed by atoms with Gasteiger partial charge in [0.25, 0.3) is 0 Å². The van der Waals surface area contributed by atoms with E-state index in [2.05, 4.69) is 67.8 Å². The Bertz CT molecular complexity index is 1110. The van der Waals surface area contributed by atoms with Crippen LogP contribution in [0.1, 0.15) is 187 Å². The fourth-order valence-electron chi connectivity index (χ4n) is 6.24. The molecule has 0 aromatic carbocycles. The number of carbonyl (C=O) groups is 1. The van der Waals surface area contributed by atoms with Crippen molar-refractivity contribution in [1.82, 2.24) is 5.32 Å². The van der Waals surface area contributed by atoms with Crippen LogP contribution < -0.4 is 5.32 Å². The fourth-order valence-corrected chi connectivity index (χ4v) is 6.97. The number of unbranched alkanes of at least 4 members (excludes halogenated alkanes) is 20. The van der Waals surface area contributed by atoms with Gasteiger partial charge in [0.05, 0.1) is 39.9 Å². The molecule has 0 rings (SSSR count). The molecule has 3 unspecified atom stereocenters. The fraction of sp³-hybridized carbons (Fsp3) is 0.771. The third-order valence-electron chi connectivity index (χ3n) is 9.96. The van der Waals surface area contributed by atoms with Gasteiger partial charge in [-0.25, -0.2) is 4.57 Å². The van der Waals surface area contributed by atoms with Crippen LogP contribution in [0.4, 0.5) is 0 Å². The maximum absolute atomic E-state index is 12.9. The van der Waals surface area contributed by atoms with E-state index >= 15 is 0 Å². The smallest absolute Gasteiger partial charge is 0.387 e. The van der Waals surface area contributed by atoms with Crippen molar-refractivity contribution in [2.24, 2.45) is 0 Å². The second kappa shape index (κ2) is 39.6. The molecule has 0 bridgehead atoms. The van der Waals surface area contributed by atoms with E-state index in [9.17, 15) is 19.4 Å². The van der Waals surface area contributed by atoms with E-state index in [0.717, 1.165) is 57.8 Å². The quantitative estimate of drug-likeness (QED) is 0.0245. The van der Waals surface area contributed by atoms with Crippen LogP contribution in [0.15, 0.2) is 60.8 Å². The van der Waals surface area contributed by atoms with Gasteiger partial charge in [0.2, 0.25) is 5.91 Å². The number of amides is 1. The Labute approximate surface area is 351 Å². The highest BCUT2D eigenvalue weighted by molar-refractivity contribution is 7.47. The number of aliphatic hydroxyl groups excluding tert-OH is 1. The van der Waals surface area contributed by atoms with Crippen molar-refractivity contribution in [3.8, 4) is 0 Å². The van der Waals surface area contributed by atoms with Gasteiger partial charge in [0.15, 0.2) is 0 Å². The van der Waals surface area contributed by atoms with Crippen molar-refractivity contribution in [3.05, 3.63) is 60.8 Å². The second-order valence-corrected chi connectivity index (χ2v) is 18.2. The molecule has 0 fully saturated rings. The molecule has 57 heavy (non-hydrogen) atoms. The average molecular weight is 822 g/mol.